The number of carbonyl (C=O) groups is 2. The van der Waals surface area contributed by atoms with E-state index in [1.165, 1.54) is 40.8 Å². The molecule has 1 aromatic heterocycles. The highest BCUT2D eigenvalue weighted by molar-refractivity contribution is 6.32. The molecule has 0 radical (unpaired) electrons. The van der Waals surface area contributed by atoms with Crippen molar-refractivity contribution in [2.24, 2.45) is 5.73 Å². The summed E-state index contributed by atoms with van der Waals surface area (Å²) in [7, 11) is 1.46. The fourth-order valence-electron chi connectivity index (χ4n) is 3.70. The third-order valence-electron chi connectivity index (χ3n) is 5.41. The maximum atomic E-state index is 13.3. The Balaban J connectivity index is 1.75. The Morgan fingerprint density at radius 2 is 1.69 bits per heavy atom. The van der Waals surface area contributed by atoms with Crippen LogP contribution in [-0.2, 0) is 6.54 Å². The molecule has 0 aliphatic heterocycles. The number of aromatic nitrogens is 3. The second-order valence-corrected chi connectivity index (χ2v) is 8.67. The first-order chi connectivity index (χ1) is 17.1. The summed E-state index contributed by atoms with van der Waals surface area (Å²) in [5, 5.41) is 39.5. The summed E-state index contributed by atoms with van der Waals surface area (Å²) in [6.07, 6.45) is 0. The predicted molar refractivity (Wildman–Crippen MR) is 133 cm³/mol. The Kier molecular flexibility index (Phi) is 6.73. The maximum absolute atomic E-state index is 13.3. The number of hydrogen-bond donors (Lipinski definition) is 4. The van der Waals surface area contributed by atoms with E-state index in [2.05, 4.69) is 10.2 Å². The molecule has 0 unspecified atom stereocenters. The van der Waals surface area contributed by atoms with Crippen LogP contribution in [0.5, 0.6) is 17.5 Å². The summed E-state index contributed by atoms with van der Waals surface area (Å²) in [6.45, 7) is -0.0517. The van der Waals surface area contributed by atoms with Crippen molar-refractivity contribution in [3.05, 3.63) is 81.3 Å². The van der Waals surface area contributed by atoms with Crippen molar-refractivity contribution in [2.75, 3.05) is 7.05 Å². The summed E-state index contributed by atoms with van der Waals surface area (Å²) < 4.78 is 1.19. The number of phenols is 2. The van der Waals surface area contributed by atoms with Crippen LogP contribution >= 0.6 is 23.2 Å². The fourth-order valence-corrected chi connectivity index (χ4v) is 4.11. The number of nitrogens with two attached hydrogens (primary N) is 1. The van der Waals surface area contributed by atoms with Crippen molar-refractivity contribution in [3.8, 4) is 34.6 Å². The number of primary amides is 1. The van der Waals surface area contributed by atoms with Gasteiger partial charge in [0, 0.05) is 30.2 Å². The summed E-state index contributed by atoms with van der Waals surface area (Å²) in [6, 6.07) is 12.8. The van der Waals surface area contributed by atoms with Gasteiger partial charge in [0.1, 0.15) is 11.5 Å². The summed E-state index contributed by atoms with van der Waals surface area (Å²) in [4.78, 5) is 26.3. The van der Waals surface area contributed by atoms with Gasteiger partial charge in [0.05, 0.1) is 21.8 Å². The minimum Gasteiger partial charge on any atom is -0.507 e. The fraction of sp³-hybridized carbons (Fsp3) is 0.0833. The molecule has 36 heavy (non-hydrogen) atoms. The molecule has 0 fully saturated rings. The van der Waals surface area contributed by atoms with Gasteiger partial charge in [0.15, 0.2) is 5.82 Å². The number of benzene rings is 3. The molecule has 3 aromatic carbocycles. The SMILES string of the molecule is CN(Cc1cc(Cl)ccc1C(N)=O)C(=O)c1cc(-c2nnc(O)n2-c2ccccc2Cl)c(O)cc1O. The Labute approximate surface area is 214 Å². The van der Waals surface area contributed by atoms with Crippen molar-refractivity contribution >= 4 is 35.0 Å². The van der Waals surface area contributed by atoms with Gasteiger partial charge in [0.25, 0.3) is 5.91 Å². The molecular formula is C24H19Cl2N5O5. The predicted octanol–water partition coefficient (Wildman–Crippen LogP) is 3.73. The lowest BCUT2D eigenvalue weighted by molar-refractivity contribution is 0.0779. The third kappa shape index (κ3) is 4.64. The van der Waals surface area contributed by atoms with Gasteiger partial charge in [-0.05, 0) is 42.0 Å². The molecule has 0 spiro atoms. The van der Waals surface area contributed by atoms with Crippen LogP contribution in [0.2, 0.25) is 10.0 Å². The largest absolute Gasteiger partial charge is 0.507 e. The minimum absolute atomic E-state index is 0.00199. The van der Waals surface area contributed by atoms with E-state index in [-0.39, 0.29) is 34.1 Å². The van der Waals surface area contributed by atoms with Crippen LogP contribution in [0.4, 0.5) is 0 Å². The zero-order valence-electron chi connectivity index (χ0n) is 18.7. The highest BCUT2D eigenvalue weighted by atomic mass is 35.5. The van der Waals surface area contributed by atoms with Gasteiger partial charge in [-0.3, -0.25) is 9.59 Å². The van der Waals surface area contributed by atoms with E-state index in [4.69, 9.17) is 28.9 Å². The van der Waals surface area contributed by atoms with Crippen molar-refractivity contribution in [3.63, 3.8) is 0 Å². The second kappa shape index (κ2) is 9.76. The Morgan fingerprint density at radius 3 is 2.39 bits per heavy atom. The van der Waals surface area contributed by atoms with Crippen LogP contribution in [0, 0.1) is 0 Å². The van der Waals surface area contributed by atoms with E-state index in [0.29, 0.717) is 16.3 Å². The van der Waals surface area contributed by atoms with Crippen LogP contribution in [0.1, 0.15) is 26.3 Å². The average molecular weight is 528 g/mol. The molecule has 0 aliphatic carbocycles. The zero-order valence-corrected chi connectivity index (χ0v) is 20.2. The number of aromatic hydroxyl groups is 3. The normalized spacial score (nSPS) is 10.9. The molecule has 184 valence electrons. The first-order valence-corrected chi connectivity index (χ1v) is 11.1. The number of phenolic OH excluding ortho intramolecular Hbond substituents is 2. The van der Waals surface area contributed by atoms with Gasteiger partial charge in [-0.1, -0.05) is 40.4 Å². The Bertz CT molecular complexity index is 1500. The average Bonchev–Trinajstić information content (AvgIpc) is 3.19. The first kappa shape index (κ1) is 24.8. The van der Waals surface area contributed by atoms with E-state index in [1.807, 2.05) is 0 Å². The molecule has 4 aromatic rings. The van der Waals surface area contributed by atoms with Gasteiger partial charge < -0.3 is 26.0 Å². The Hall–Kier alpha value is -4.28. The molecule has 5 N–H and O–H groups in total. The third-order valence-corrected chi connectivity index (χ3v) is 5.97. The number of halogens is 2. The maximum Gasteiger partial charge on any atom is 0.319 e. The second-order valence-electron chi connectivity index (χ2n) is 7.82. The van der Waals surface area contributed by atoms with E-state index < -0.39 is 29.3 Å². The molecule has 0 bridgehead atoms. The molecule has 12 heteroatoms. The number of para-hydroxylation sites is 1. The highest BCUT2D eigenvalue weighted by Gasteiger charge is 2.25. The molecule has 0 saturated carbocycles. The van der Waals surface area contributed by atoms with Crippen molar-refractivity contribution in [1.82, 2.24) is 19.7 Å². The lowest BCUT2D eigenvalue weighted by Gasteiger charge is -2.20. The number of carbonyl (C=O) groups excluding carboxylic acids is 2. The van der Waals surface area contributed by atoms with Crippen LogP contribution in [0.15, 0.2) is 54.6 Å². The van der Waals surface area contributed by atoms with Gasteiger partial charge in [-0.2, -0.15) is 0 Å². The number of rotatable bonds is 6. The molecule has 0 saturated heterocycles. The number of hydrogen-bond acceptors (Lipinski definition) is 7. The number of nitrogens with zero attached hydrogens (tertiary/aromatic N) is 4. The summed E-state index contributed by atoms with van der Waals surface area (Å²) in [5.41, 5.74) is 6.18. The van der Waals surface area contributed by atoms with Gasteiger partial charge in [-0.15, -0.1) is 5.10 Å². The minimum atomic E-state index is -0.684. The molecule has 1 heterocycles. The first-order valence-electron chi connectivity index (χ1n) is 10.4. The van der Waals surface area contributed by atoms with Crippen molar-refractivity contribution in [2.45, 2.75) is 6.54 Å². The Morgan fingerprint density at radius 1 is 0.972 bits per heavy atom. The van der Waals surface area contributed by atoms with Crippen LogP contribution in [-0.4, -0.2) is 53.8 Å². The van der Waals surface area contributed by atoms with E-state index in [9.17, 15) is 24.9 Å². The van der Waals surface area contributed by atoms with E-state index in [0.717, 1.165) is 6.07 Å². The van der Waals surface area contributed by atoms with Crippen LogP contribution < -0.4 is 5.73 Å². The topological polar surface area (TPSA) is 155 Å². The molecular weight excluding hydrogens is 509 g/mol. The lowest BCUT2D eigenvalue weighted by Crippen LogP contribution is -2.28. The number of amides is 2. The van der Waals surface area contributed by atoms with Gasteiger partial charge >= 0.3 is 6.01 Å². The molecule has 0 atom stereocenters. The smallest absolute Gasteiger partial charge is 0.319 e. The van der Waals surface area contributed by atoms with Gasteiger partial charge in [0.2, 0.25) is 5.91 Å². The monoisotopic (exact) mass is 527 g/mol. The van der Waals surface area contributed by atoms with Crippen LogP contribution in [0.3, 0.4) is 0 Å². The highest BCUT2D eigenvalue weighted by Crippen LogP contribution is 2.38. The quantitative estimate of drug-likeness (QED) is 0.297. The summed E-state index contributed by atoms with van der Waals surface area (Å²) >= 11 is 12.3. The zero-order chi connectivity index (χ0) is 26.1. The summed E-state index contributed by atoms with van der Waals surface area (Å²) in [5.74, 6) is -2.27. The van der Waals surface area contributed by atoms with Crippen molar-refractivity contribution in [1.29, 1.82) is 0 Å². The molecule has 2 amide bonds. The molecule has 10 nitrogen and oxygen atoms in total. The molecule has 4 rings (SSSR count). The lowest BCUT2D eigenvalue weighted by atomic mass is 10.0. The van der Waals surface area contributed by atoms with E-state index >= 15 is 0 Å². The van der Waals surface area contributed by atoms with E-state index in [1.54, 1.807) is 24.3 Å². The van der Waals surface area contributed by atoms with Crippen molar-refractivity contribution < 1.29 is 24.9 Å². The molecule has 0 aliphatic rings. The van der Waals surface area contributed by atoms with Gasteiger partial charge in [-0.25, -0.2) is 4.57 Å². The standard InChI is InChI=1S/C24H19Cl2N5O5/c1-30(11-12-8-13(25)6-7-14(12)21(27)34)23(35)16-9-15(19(32)10-20(16)33)22-28-29-24(36)31(22)18-5-3-2-4-17(18)26/h2-10,32-33H,11H2,1H3,(H2,27,34)(H,29,36). The van der Waals surface area contributed by atoms with Crippen LogP contribution in [0.25, 0.3) is 17.1 Å².